The highest BCUT2D eigenvalue weighted by Gasteiger charge is 2.20. The van der Waals surface area contributed by atoms with E-state index in [1.165, 1.54) is 5.56 Å². The Bertz CT molecular complexity index is 340. The van der Waals surface area contributed by atoms with Crippen LogP contribution >= 0.6 is 11.8 Å². The summed E-state index contributed by atoms with van der Waals surface area (Å²) in [5, 5.41) is 0. The molecule has 0 aliphatic carbocycles. The van der Waals surface area contributed by atoms with Gasteiger partial charge in [0.05, 0.1) is 7.11 Å². The molecule has 2 atom stereocenters. The summed E-state index contributed by atoms with van der Waals surface area (Å²) in [6.45, 7) is 3.10. The van der Waals surface area contributed by atoms with Crippen molar-refractivity contribution in [1.29, 1.82) is 0 Å². The molecule has 0 saturated carbocycles. The van der Waals surface area contributed by atoms with E-state index in [9.17, 15) is 0 Å². The monoisotopic (exact) mass is 268 g/mol. The van der Waals surface area contributed by atoms with Gasteiger partial charge in [-0.05, 0) is 37.9 Å². The number of thioether (sulfide) groups is 1. The predicted molar refractivity (Wildman–Crippen MR) is 80.4 cm³/mol. The Morgan fingerprint density at radius 1 is 1.33 bits per heavy atom. The average Bonchev–Trinajstić information content (AvgIpc) is 2.37. The van der Waals surface area contributed by atoms with Crippen molar-refractivity contribution in [3.8, 4) is 5.75 Å². The molecule has 4 heteroatoms. The topological polar surface area (TPSA) is 38.5 Å². The fourth-order valence-corrected chi connectivity index (χ4v) is 2.61. The number of hydrogen-bond donors (Lipinski definition) is 1. The van der Waals surface area contributed by atoms with Crippen molar-refractivity contribution < 1.29 is 4.74 Å². The Balaban J connectivity index is 2.82. The van der Waals surface area contributed by atoms with Gasteiger partial charge in [-0.25, -0.2) is 0 Å². The van der Waals surface area contributed by atoms with Crippen molar-refractivity contribution in [3.05, 3.63) is 29.8 Å². The van der Waals surface area contributed by atoms with Crippen molar-refractivity contribution in [2.45, 2.75) is 19.0 Å². The highest BCUT2D eigenvalue weighted by Crippen LogP contribution is 2.24. The van der Waals surface area contributed by atoms with Crippen LogP contribution in [0.15, 0.2) is 24.3 Å². The van der Waals surface area contributed by atoms with E-state index in [0.717, 1.165) is 18.0 Å². The SMILES string of the molecule is COc1ccc(C(C(C)N)N(C)CCSC)cc1. The highest BCUT2D eigenvalue weighted by atomic mass is 32.2. The summed E-state index contributed by atoms with van der Waals surface area (Å²) >= 11 is 1.86. The Labute approximate surface area is 115 Å². The number of benzene rings is 1. The molecule has 1 aromatic rings. The molecule has 2 N–H and O–H groups in total. The van der Waals surface area contributed by atoms with E-state index in [1.54, 1.807) is 7.11 Å². The number of rotatable bonds is 7. The zero-order valence-corrected chi connectivity index (χ0v) is 12.5. The van der Waals surface area contributed by atoms with E-state index in [-0.39, 0.29) is 12.1 Å². The van der Waals surface area contributed by atoms with Crippen LogP contribution in [0.2, 0.25) is 0 Å². The van der Waals surface area contributed by atoms with Gasteiger partial charge in [0.25, 0.3) is 0 Å². The van der Waals surface area contributed by atoms with Crippen LogP contribution in [-0.2, 0) is 0 Å². The first-order valence-corrected chi connectivity index (χ1v) is 7.58. The van der Waals surface area contributed by atoms with Gasteiger partial charge < -0.3 is 10.5 Å². The summed E-state index contributed by atoms with van der Waals surface area (Å²) in [4.78, 5) is 2.32. The normalized spacial score (nSPS) is 14.6. The van der Waals surface area contributed by atoms with Crippen LogP contribution in [0, 0.1) is 0 Å². The van der Waals surface area contributed by atoms with E-state index < -0.39 is 0 Å². The molecule has 0 radical (unpaired) electrons. The van der Waals surface area contributed by atoms with E-state index in [2.05, 4.69) is 37.3 Å². The van der Waals surface area contributed by atoms with Crippen molar-refractivity contribution in [2.24, 2.45) is 5.73 Å². The molecule has 0 aliphatic rings. The molecule has 0 aromatic heterocycles. The van der Waals surface area contributed by atoms with Crippen LogP contribution in [0.4, 0.5) is 0 Å². The van der Waals surface area contributed by atoms with Gasteiger partial charge in [0, 0.05) is 24.4 Å². The van der Waals surface area contributed by atoms with Gasteiger partial charge >= 0.3 is 0 Å². The summed E-state index contributed by atoms with van der Waals surface area (Å²) in [5.41, 5.74) is 7.38. The van der Waals surface area contributed by atoms with Gasteiger partial charge in [0.15, 0.2) is 0 Å². The molecule has 102 valence electrons. The molecule has 0 spiro atoms. The maximum Gasteiger partial charge on any atom is 0.118 e. The molecule has 1 aromatic carbocycles. The largest absolute Gasteiger partial charge is 0.497 e. The van der Waals surface area contributed by atoms with E-state index in [4.69, 9.17) is 10.5 Å². The van der Waals surface area contributed by atoms with Crippen molar-refractivity contribution in [2.75, 3.05) is 32.7 Å². The second kappa shape index (κ2) is 7.67. The number of likely N-dealkylation sites (N-methyl/N-ethyl adjacent to an activating group) is 1. The molecule has 0 fully saturated rings. The Morgan fingerprint density at radius 3 is 2.39 bits per heavy atom. The minimum Gasteiger partial charge on any atom is -0.497 e. The van der Waals surface area contributed by atoms with Crippen LogP contribution in [0.5, 0.6) is 5.75 Å². The molecular formula is C14H24N2OS. The molecule has 3 nitrogen and oxygen atoms in total. The zero-order valence-electron chi connectivity index (χ0n) is 11.7. The van der Waals surface area contributed by atoms with Gasteiger partial charge in [-0.2, -0.15) is 11.8 Å². The first-order valence-electron chi connectivity index (χ1n) is 6.18. The molecule has 0 amide bonds. The van der Waals surface area contributed by atoms with E-state index in [1.807, 2.05) is 23.9 Å². The molecule has 0 aliphatic heterocycles. The summed E-state index contributed by atoms with van der Waals surface area (Å²) in [7, 11) is 3.82. The second-order valence-electron chi connectivity index (χ2n) is 4.55. The van der Waals surface area contributed by atoms with Crippen LogP contribution in [0.1, 0.15) is 18.5 Å². The third kappa shape index (κ3) is 4.19. The van der Waals surface area contributed by atoms with E-state index in [0.29, 0.717) is 0 Å². The van der Waals surface area contributed by atoms with Gasteiger partial charge in [0.2, 0.25) is 0 Å². The van der Waals surface area contributed by atoms with Crippen LogP contribution in [-0.4, -0.2) is 43.7 Å². The first-order chi connectivity index (χ1) is 8.60. The lowest BCUT2D eigenvalue weighted by atomic mass is 9.99. The molecular weight excluding hydrogens is 244 g/mol. The van der Waals surface area contributed by atoms with Crippen LogP contribution in [0.3, 0.4) is 0 Å². The number of nitrogens with two attached hydrogens (primary N) is 1. The average molecular weight is 268 g/mol. The van der Waals surface area contributed by atoms with Crippen molar-refractivity contribution >= 4 is 11.8 Å². The van der Waals surface area contributed by atoms with Gasteiger partial charge in [-0.3, -0.25) is 4.90 Å². The quantitative estimate of drug-likeness (QED) is 0.824. The third-order valence-electron chi connectivity index (χ3n) is 3.08. The molecule has 0 saturated heterocycles. The molecule has 18 heavy (non-hydrogen) atoms. The first kappa shape index (κ1) is 15.3. The fraction of sp³-hybridized carbons (Fsp3) is 0.571. The fourth-order valence-electron chi connectivity index (χ4n) is 2.13. The van der Waals surface area contributed by atoms with Gasteiger partial charge in [-0.1, -0.05) is 12.1 Å². The van der Waals surface area contributed by atoms with Gasteiger partial charge in [-0.15, -0.1) is 0 Å². The van der Waals surface area contributed by atoms with Crippen LogP contribution < -0.4 is 10.5 Å². The van der Waals surface area contributed by atoms with Crippen molar-refractivity contribution in [1.82, 2.24) is 4.90 Å². The standard InChI is InChI=1S/C14H24N2OS/c1-11(15)14(16(2)9-10-18-4)12-5-7-13(17-3)8-6-12/h5-8,11,14H,9-10,15H2,1-4H3. The summed E-state index contributed by atoms with van der Waals surface area (Å²) in [6.07, 6.45) is 2.13. The number of methoxy groups -OCH3 is 1. The second-order valence-corrected chi connectivity index (χ2v) is 5.54. The maximum atomic E-state index is 6.13. The summed E-state index contributed by atoms with van der Waals surface area (Å²) in [5.74, 6) is 2.00. The third-order valence-corrected chi connectivity index (χ3v) is 3.67. The number of ether oxygens (including phenoxy) is 1. The van der Waals surface area contributed by atoms with E-state index >= 15 is 0 Å². The number of nitrogens with zero attached hydrogens (tertiary/aromatic N) is 1. The Hall–Kier alpha value is -0.710. The molecule has 2 unspecified atom stereocenters. The minimum atomic E-state index is 0.102. The van der Waals surface area contributed by atoms with Crippen molar-refractivity contribution in [3.63, 3.8) is 0 Å². The zero-order chi connectivity index (χ0) is 13.5. The minimum absolute atomic E-state index is 0.102. The summed E-state index contributed by atoms with van der Waals surface area (Å²) in [6, 6.07) is 8.54. The molecule has 0 bridgehead atoms. The Kier molecular flexibility index (Phi) is 6.54. The highest BCUT2D eigenvalue weighted by molar-refractivity contribution is 7.98. The number of hydrogen-bond acceptors (Lipinski definition) is 4. The predicted octanol–water partition coefficient (Wildman–Crippen LogP) is 2.38. The lowest BCUT2D eigenvalue weighted by molar-refractivity contribution is 0.232. The smallest absolute Gasteiger partial charge is 0.118 e. The molecule has 0 heterocycles. The lowest BCUT2D eigenvalue weighted by Gasteiger charge is -2.31. The molecule has 1 rings (SSSR count). The lowest BCUT2D eigenvalue weighted by Crippen LogP contribution is -2.38. The maximum absolute atomic E-state index is 6.13. The van der Waals surface area contributed by atoms with Crippen LogP contribution in [0.25, 0.3) is 0 Å². The summed E-state index contributed by atoms with van der Waals surface area (Å²) < 4.78 is 5.19. The Morgan fingerprint density at radius 2 is 1.94 bits per heavy atom. The van der Waals surface area contributed by atoms with Gasteiger partial charge in [0.1, 0.15) is 5.75 Å².